The van der Waals surface area contributed by atoms with Crippen LogP contribution in [-0.2, 0) is 28.4 Å². The Kier molecular flexibility index (Phi) is 4.19. The van der Waals surface area contributed by atoms with Crippen molar-refractivity contribution in [3.8, 4) is 0 Å². The van der Waals surface area contributed by atoms with Crippen molar-refractivity contribution in [3.63, 3.8) is 0 Å². The number of halogens is 2. The summed E-state index contributed by atoms with van der Waals surface area (Å²) in [7, 11) is -2.92. The molecule has 0 fully saturated rings. The van der Waals surface area contributed by atoms with Gasteiger partial charge >= 0.3 is 5.97 Å². The van der Waals surface area contributed by atoms with E-state index in [1.807, 2.05) is 0 Å². The molecule has 22 heavy (non-hydrogen) atoms. The lowest BCUT2D eigenvalue weighted by Crippen LogP contribution is -2.18. The van der Waals surface area contributed by atoms with Crippen LogP contribution in [0, 0.1) is 11.6 Å². The van der Waals surface area contributed by atoms with Gasteiger partial charge in [0.15, 0.2) is 5.82 Å². The van der Waals surface area contributed by atoms with Crippen LogP contribution >= 0.6 is 0 Å². The van der Waals surface area contributed by atoms with Crippen LogP contribution in [0.5, 0.6) is 0 Å². The number of primary sulfonamides is 1. The van der Waals surface area contributed by atoms with Crippen LogP contribution in [0.1, 0.15) is 16.1 Å². The number of carbonyl (C=O) groups is 1. The standard InChI is InChI=1S/C11H10F2N4O4S/c1-17-15-4-6(16-17)5-21-11(18)9-7(12)2-3-8(10(9)13)22(14,19)20/h2-4H,5H2,1H3,(H2,14,19,20). The van der Waals surface area contributed by atoms with E-state index in [0.29, 0.717) is 12.1 Å². The number of aromatic nitrogens is 3. The van der Waals surface area contributed by atoms with Crippen molar-refractivity contribution < 1.29 is 26.7 Å². The van der Waals surface area contributed by atoms with Crippen molar-refractivity contribution in [1.29, 1.82) is 0 Å². The van der Waals surface area contributed by atoms with E-state index in [2.05, 4.69) is 14.9 Å². The second-order valence-electron chi connectivity index (χ2n) is 4.18. The predicted molar refractivity (Wildman–Crippen MR) is 67.9 cm³/mol. The van der Waals surface area contributed by atoms with Gasteiger partial charge in [-0.2, -0.15) is 15.0 Å². The molecule has 118 valence electrons. The Labute approximate surface area is 123 Å². The van der Waals surface area contributed by atoms with Gasteiger partial charge in [0, 0.05) is 7.05 Å². The molecule has 0 unspecified atom stereocenters. The lowest BCUT2D eigenvalue weighted by atomic mass is 10.2. The van der Waals surface area contributed by atoms with E-state index in [0.717, 1.165) is 0 Å². The molecular weight excluding hydrogens is 322 g/mol. The second kappa shape index (κ2) is 5.77. The minimum Gasteiger partial charge on any atom is -0.455 e. The zero-order valence-corrected chi connectivity index (χ0v) is 12.0. The van der Waals surface area contributed by atoms with Crippen LogP contribution in [-0.4, -0.2) is 29.4 Å². The first-order valence-corrected chi connectivity index (χ1v) is 7.28. The lowest BCUT2D eigenvalue weighted by molar-refractivity contribution is 0.0455. The molecule has 0 saturated heterocycles. The molecule has 0 aliphatic heterocycles. The number of nitrogens with zero attached hydrogens (tertiary/aromatic N) is 3. The Bertz CT molecular complexity index is 835. The van der Waals surface area contributed by atoms with Gasteiger partial charge in [-0.15, -0.1) is 0 Å². The largest absolute Gasteiger partial charge is 0.455 e. The number of hydrogen-bond donors (Lipinski definition) is 1. The Morgan fingerprint density at radius 3 is 2.64 bits per heavy atom. The molecule has 0 saturated carbocycles. The number of aryl methyl sites for hydroxylation is 1. The Hall–Kier alpha value is -2.40. The Morgan fingerprint density at radius 1 is 1.41 bits per heavy atom. The fourth-order valence-electron chi connectivity index (χ4n) is 1.61. The van der Waals surface area contributed by atoms with Crippen LogP contribution in [0.15, 0.2) is 23.2 Å². The maximum atomic E-state index is 14.0. The first-order chi connectivity index (χ1) is 10.2. The molecule has 0 aliphatic carbocycles. The van der Waals surface area contributed by atoms with Crippen LogP contribution in [0.25, 0.3) is 0 Å². The van der Waals surface area contributed by atoms with E-state index < -0.39 is 38.1 Å². The number of esters is 1. The van der Waals surface area contributed by atoms with Crippen LogP contribution in [0.3, 0.4) is 0 Å². The first kappa shape index (κ1) is 16.0. The Morgan fingerprint density at radius 2 is 2.09 bits per heavy atom. The summed E-state index contributed by atoms with van der Waals surface area (Å²) in [6.07, 6.45) is 1.29. The molecule has 0 bridgehead atoms. The maximum absolute atomic E-state index is 14.0. The molecule has 1 aromatic carbocycles. The molecule has 0 amide bonds. The molecule has 0 radical (unpaired) electrons. The average molecular weight is 332 g/mol. The van der Waals surface area contributed by atoms with Crippen molar-refractivity contribution in [3.05, 3.63) is 41.2 Å². The molecule has 11 heteroatoms. The third-order valence-corrected chi connectivity index (χ3v) is 3.49. The van der Waals surface area contributed by atoms with Gasteiger partial charge in [0.1, 0.15) is 28.6 Å². The van der Waals surface area contributed by atoms with E-state index >= 15 is 0 Å². The van der Waals surface area contributed by atoms with Gasteiger partial charge in [-0.25, -0.2) is 27.1 Å². The highest BCUT2D eigenvalue weighted by molar-refractivity contribution is 7.89. The van der Waals surface area contributed by atoms with Crippen molar-refractivity contribution in [2.24, 2.45) is 12.2 Å². The molecule has 2 aromatic rings. The van der Waals surface area contributed by atoms with E-state index in [9.17, 15) is 22.0 Å². The topological polar surface area (TPSA) is 117 Å². The van der Waals surface area contributed by atoms with Gasteiger partial charge in [-0.1, -0.05) is 0 Å². The number of hydrogen-bond acceptors (Lipinski definition) is 6. The van der Waals surface area contributed by atoms with E-state index in [1.165, 1.54) is 18.0 Å². The summed E-state index contributed by atoms with van der Waals surface area (Å²) >= 11 is 0. The SMILES string of the molecule is Cn1ncc(COC(=O)c2c(F)ccc(S(N)(=O)=O)c2F)n1. The number of benzene rings is 1. The third-order valence-electron chi connectivity index (χ3n) is 2.56. The molecule has 2 N–H and O–H groups in total. The number of sulfonamides is 1. The second-order valence-corrected chi connectivity index (χ2v) is 5.71. The van der Waals surface area contributed by atoms with Gasteiger partial charge in [0.25, 0.3) is 0 Å². The number of ether oxygens (including phenoxy) is 1. The van der Waals surface area contributed by atoms with Gasteiger partial charge in [-0.05, 0) is 12.1 Å². The molecule has 0 atom stereocenters. The Balaban J connectivity index is 2.29. The van der Waals surface area contributed by atoms with E-state index in [-0.39, 0.29) is 12.3 Å². The smallest absolute Gasteiger partial charge is 0.344 e. The highest BCUT2D eigenvalue weighted by Crippen LogP contribution is 2.21. The number of carbonyl (C=O) groups excluding carboxylic acids is 1. The van der Waals surface area contributed by atoms with Crippen molar-refractivity contribution in [2.75, 3.05) is 0 Å². The average Bonchev–Trinajstić information content (AvgIpc) is 2.80. The quantitative estimate of drug-likeness (QED) is 0.793. The van der Waals surface area contributed by atoms with Crippen LogP contribution in [0.4, 0.5) is 8.78 Å². The van der Waals surface area contributed by atoms with Crippen LogP contribution < -0.4 is 5.14 Å². The zero-order chi connectivity index (χ0) is 16.5. The molecule has 0 spiro atoms. The van der Waals surface area contributed by atoms with Crippen molar-refractivity contribution >= 4 is 16.0 Å². The van der Waals surface area contributed by atoms with Crippen LogP contribution in [0.2, 0.25) is 0 Å². The highest BCUT2D eigenvalue weighted by atomic mass is 32.2. The first-order valence-electron chi connectivity index (χ1n) is 5.73. The minimum atomic E-state index is -4.45. The van der Waals surface area contributed by atoms with Gasteiger partial charge < -0.3 is 4.74 Å². The summed E-state index contributed by atoms with van der Waals surface area (Å²) in [6, 6.07) is 1.24. The van der Waals surface area contributed by atoms with E-state index in [4.69, 9.17) is 5.14 Å². The fraction of sp³-hybridized carbons (Fsp3) is 0.182. The predicted octanol–water partition coefficient (Wildman–Crippen LogP) is 0.0977. The minimum absolute atomic E-state index is 0.249. The molecule has 0 aliphatic rings. The summed E-state index contributed by atoms with van der Waals surface area (Å²) in [5.74, 6) is -4.26. The van der Waals surface area contributed by atoms with Gasteiger partial charge in [0.05, 0.1) is 6.20 Å². The maximum Gasteiger partial charge on any atom is 0.344 e. The van der Waals surface area contributed by atoms with Gasteiger partial charge in [0.2, 0.25) is 10.0 Å². The van der Waals surface area contributed by atoms with E-state index in [1.54, 1.807) is 0 Å². The molecule has 2 rings (SSSR count). The summed E-state index contributed by atoms with van der Waals surface area (Å²) in [5, 5.41) is 12.3. The summed E-state index contributed by atoms with van der Waals surface area (Å²) in [4.78, 5) is 12.0. The zero-order valence-electron chi connectivity index (χ0n) is 11.2. The molecule has 1 aromatic heterocycles. The molecule has 1 heterocycles. The molecule has 8 nitrogen and oxygen atoms in total. The summed E-state index contributed by atoms with van der Waals surface area (Å²) in [5.41, 5.74) is -0.894. The van der Waals surface area contributed by atoms with Crippen molar-refractivity contribution in [2.45, 2.75) is 11.5 Å². The highest BCUT2D eigenvalue weighted by Gasteiger charge is 2.26. The fourth-order valence-corrected chi connectivity index (χ4v) is 2.22. The lowest BCUT2D eigenvalue weighted by Gasteiger charge is -2.08. The molecular formula is C11H10F2N4O4S. The monoisotopic (exact) mass is 332 g/mol. The van der Waals surface area contributed by atoms with Crippen molar-refractivity contribution in [1.82, 2.24) is 15.0 Å². The summed E-state index contributed by atoms with van der Waals surface area (Å²) < 4.78 is 54.6. The van der Waals surface area contributed by atoms with Gasteiger partial charge in [-0.3, -0.25) is 0 Å². The third kappa shape index (κ3) is 3.26. The normalized spacial score (nSPS) is 11.5. The number of nitrogens with two attached hydrogens (primary N) is 1. The number of rotatable bonds is 4. The summed E-state index contributed by atoms with van der Waals surface area (Å²) in [6.45, 7) is -0.384.